The summed E-state index contributed by atoms with van der Waals surface area (Å²) < 4.78 is 0. The predicted molar refractivity (Wildman–Crippen MR) is 74.3 cm³/mol. The molecule has 0 radical (unpaired) electrons. The molecule has 1 fully saturated rings. The van der Waals surface area contributed by atoms with E-state index in [1.165, 1.54) is 11.4 Å². The molecule has 0 bridgehead atoms. The summed E-state index contributed by atoms with van der Waals surface area (Å²) in [5.41, 5.74) is 2.81. The molecule has 2 aliphatic heterocycles. The van der Waals surface area contributed by atoms with Crippen molar-refractivity contribution in [1.82, 2.24) is 4.90 Å². The molecule has 3 atom stereocenters. The molecule has 4 aliphatic rings. The molecule has 1 saturated heterocycles. The highest BCUT2D eigenvalue weighted by atomic mass is 15.2. The first-order valence-electron chi connectivity index (χ1n) is 6.94. The van der Waals surface area contributed by atoms with Gasteiger partial charge in [-0.15, -0.1) is 0 Å². The molecule has 92 valence electrons. The average Bonchev–Trinajstić information content (AvgIpc) is 2.65. The first-order valence-corrected chi connectivity index (χ1v) is 6.94. The summed E-state index contributed by atoms with van der Waals surface area (Å²) in [4.78, 5) is 7.35. The third-order valence-corrected chi connectivity index (χ3v) is 4.57. The zero-order valence-electron chi connectivity index (χ0n) is 10.5. The summed E-state index contributed by atoms with van der Waals surface area (Å²) in [7, 11) is 0. The van der Waals surface area contributed by atoms with Crippen molar-refractivity contribution in [1.29, 1.82) is 0 Å². The van der Waals surface area contributed by atoms with Crippen molar-refractivity contribution < 1.29 is 0 Å². The number of allylic oxidation sites excluding steroid dienone is 5. The highest BCUT2D eigenvalue weighted by Crippen LogP contribution is 2.38. The second kappa shape index (κ2) is 3.98. The van der Waals surface area contributed by atoms with Crippen LogP contribution in [0.3, 0.4) is 0 Å². The molecule has 0 aromatic heterocycles. The Balaban J connectivity index is 1.68. The Morgan fingerprint density at radius 1 is 1.17 bits per heavy atom. The van der Waals surface area contributed by atoms with Crippen molar-refractivity contribution in [3.63, 3.8) is 0 Å². The molecular weight excluding hydrogens is 220 g/mol. The number of hydrogen-bond donors (Lipinski definition) is 0. The van der Waals surface area contributed by atoms with Crippen molar-refractivity contribution in [2.45, 2.75) is 25.3 Å². The highest BCUT2D eigenvalue weighted by Gasteiger charge is 2.37. The van der Waals surface area contributed by atoms with Gasteiger partial charge in [0.05, 0.1) is 6.04 Å². The second-order valence-electron chi connectivity index (χ2n) is 5.63. The van der Waals surface area contributed by atoms with Gasteiger partial charge < -0.3 is 4.90 Å². The maximum atomic E-state index is 4.76. The SMILES string of the molecule is C1=CC2CC3=CN=C4CC=CCC4CN3C2C=C1. The number of hydrogen-bond acceptors (Lipinski definition) is 2. The topological polar surface area (TPSA) is 15.6 Å². The van der Waals surface area contributed by atoms with E-state index < -0.39 is 0 Å². The van der Waals surface area contributed by atoms with Crippen LogP contribution in [0.1, 0.15) is 19.3 Å². The van der Waals surface area contributed by atoms with E-state index in [1.54, 1.807) is 0 Å². The molecule has 0 spiro atoms. The molecule has 2 aliphatic carbocycles. The first-order chi connectivity index (χ1) is 8.92. The van der Waals surface area contributed by atoms with Gasteiger partial charge in [0.15, 0.2) is 0 Å². The number of rotatable bonds is 0. The van der Waals surface area contributed by atoms with Gasteiger partial charge in [-0.25, -0.2) is 0 Å². The Morgan fingerprint density at radius 2 is 2.11 bits per heavy atom. The summed E-state index contributed by atoms with van der Waals surface area (Å²) in [6, 6.07) is 0.571. The van der Waals surface area contributed by atoms with Crippen LogP contribution in [0.2, 0.25) is 0 Å². The molecule has 0 aromatic rings. The third kappa shape index (κ3) is 1.52. The molecule has 2 heterocycles. The summed E-state index contributed by atoms with van der Waals surface area (Å²) in [6.45, 7) is 1.15. The lowest BCUT2D eigenvalue weighted by atomic mass is 9.90. The molecule has 0 N–H and O–H groups in total. The smallest absolute Gasteiger partial charge is 0.0540 e. The van der Waals surface area contributed by atoms with Crippen molar-refractivity contribution in [3.05, 3.63) is 48.4 Å². The fourth-order valence-electron chi connectivity index (χ4n) is 3.58. The van der Waals surface area contributed by atoms with E-state index in [9.17, 15) is 0 Å². The Hall–Kier alpha value is -1.57. The quantitative estimate of drug-likeness (QED) is 0.592. The fraction of sp³-hybridized carbons (Fsp3) is 0.438. The average molecular weight is 238 g/mol. The minimum absolute atomic E-state index is 0.571. The minimum Gasteiger partial charge on any atom is -0.366 e. The van der Waals surface area contributed by atoms with Crippen LogP contribution in [0.25, 0.3) is 0 Å². The van der Waals surface area contributed by atoms with E-state index in [1.807, 2.05) is 0 Å². The first kappa shape index (κ1) is 10.4. The molecule has 2 heteroatoms. The largest absolute Gasteiger partial charge is 0.366 e. The van der Waals surface area contributed by atoms with Crippen molar-refractivity contribution in [3.8, 4) is 0 Å². The van der Waals surface area contributed by atoms with Crippen LogP contribution in [-0.2, 0) is 0 Å². The van der Waals surface area contributed by atoms with Gasteiger partial charge in [-0.1, -0.05) is 36.5 Å². The Morgan fingerprint density at radius 3 is 3.11 bits per heavy atom. The van der Waals surface area contributed by atoms with Gasteiger partial charge in [0, 0.05) is 42.4 Å². The normalized spacial score (nSPS) is 36.4. The molecule has 2 nitrogen and oxygen atoms in total. The van der Waals surface area contributed by atoms with Crippen molar-refractivity contribution in [2.24, 2.45) is 16.8 Å². The minimum atomic E-state index is 0.571. The summed E-state index contributed by atoms with van der Waals surface area (Å²) in [6.07, 6.45) is 19.2. The number of aliphatic imine (C=N–C) groups is 1. The molecule has 18 heavy (non-hydrogen) atoms. The summed E-state index contributed by atoms with van der Waals surface area (Å²) >= 11 is 0. The maximum Gasteiger partial charge on any atom is 0.0540 e. The van der Waals surface area contributed by atoms with E-state index in [0.29, 0.717) is 17.9 Å². The zero-order valence-corrected chi connectivity index (χ0v) is 10.5. The number of nitrogens with zero attached hydrogens (tertiary/aromatic N) is 2. The van der Waals surface area contributed by atoms with Crippen molar-refractivity contribution in [2.75, 3.05) is 6.54 Å². The summed E-state index contributed by atoms with van der Waals surface area (Å²) in [5, 5.41) is 0. The van der Waals surface area contributed by atoms with E-state index in [4.69, 9.17) is 4.99 Å². The third-order valence-electron chi connectivity index (χ3n) is 4.57. The monoisotopic (exact) mass is 238 g/mol. The Labute approximate surface area is 108 Å². The molecular formula is C16H18N2. The van der Waals surface area contributed by atoms with E-state index >= 15 is 0 Å². The zero-order chi connectivity index (χ0) is 11.9. The molecule has 4 rings (SSSR count). The van der Waals surface area contributed by atoms with Gasteiger partial charge in [-0.3, -0.25) is 4.99 Å². The van der Waals surface area contributed by atoms with Crippen LogP contribution in [0.4, 0.5) is 0 Å². The predicted octanol–water partition coefficient (Wildman–Crippen LogP) is 3.07. The Kier molecular flexibility index (Phi) is 2.29. The van der Waals surface area contributed by atoms with Crippen LogP contribution in [0, 0.1) is 11.8 Å². The molecule has 0 aromatic carbocycles. The number of fused-ring (bicyclic) bond motifs is 4. The lowest BCUT2D eigenvalue weighted by Gasteiger charge is -2.31. The van der Waals surface area contributed by atoms with Gasteiger partial charge in [0.25, 0.3) is 0 Å². The van der Waals surface area contributed by atoms with Gasteiger partial charge in [0.1, 0.15) is 0 Å². The molecule has 3 unspecified atom stereocenters. The fourth-order valence-corrected chi connectivity index (χ4v) is 3.58. The van der Waals surface area contributed by atoms with E-state index in [2.05, 4.69) is 47.6 Å². The maximum absolute atomic E-state index is 4.76. The standard InChI is InChI=1S/C16H18N2/c1-3-7-15-13(6-1)11-18-14(10-17-15)9-12-5-2-4-8-16(12)18/h1-5,8,10,12-13,16H,6-7,9,11H2. The van der Waals surface area contributed by atoms with Crippen LogP contribution >= 0.6 is 0 Å². The van der Waals surface area contributed by atoms with E-state index in [-0.39, 0.29) is 0 Å². The van der Waals surface area contributed by atoms with Gasteiger partial charge in [-0.05, 0) is 12.8 Å². The highest BCUT2D eigenvalue weighted by molar-refractivity contribution is 5.90. The van der Waals surface area contributed by atoms with Crippen LogP contribution in [0.15, 0.2) is 53.3 Å². The lowest BCUT2D eigenvalue weighted by molar-refractivity contribution is 0.292. The summed E-state index contributed by atoms with van der Waals surface area (Å²) in [5.74, 6) is 1.29. The van der Waals surface area contributed by atoms with Crippen molar-refractivity contribution >= 4 is 5.71 Å². The van der Waals surface area contributed by atoms with Crippen LogP contribution in [0.5, 0.6) is 0 Å². The van der Waals surface area contributed by atoms with Gasteiger partial charge >= 0.3 is 0 Å². The van der Waals surface area contributed by atoms with Gasteiger partial charge in [-0.2, -0.15) is 0 Å². The Bertz CT molecular complexity index is 507. The molecule has 0 amide bonds. The van der Waals surface area contributed by atoms with Crippen LogP contribution < -0.4 is 0 Å². The van der Waals surface area contributed by atoms with E-state index in [0.717, 1.165) is 25.8 Å². The molecule has 0 saturated carbocycles. The van der Waals surface area contributed by atoms with Gasteiger partial charge in [0.2, 0.25) is 0 Å². The lowest BCUT2D eigenvalue weighted by Crippen LogP contribution is -2.36. The van der Waals surface area contributed by atoms with Crippen LogP contribution in [-0.4, -0.2) is 23.2 Å². The second-order valence-corrected chi connectivity index (χ2v) is 5.63.